The number of hydrogen-bond acceptors (Lipinski definition) is 9. The Bertz CT molecular complexity index is 1050. The second-order valence-electron chi connectivity index (χ2n) is 5.58. The molecule has 0 unspecified atom stereocenters. The molecule has 0 aliphatic carbocycles. The number of anilines is 1. The molecule has 0 atom stereocenters. The average molecular weight is 407 g/mol. The Labute approximate surface area is 161 Å². The first kappa shape index (κ1) is 19.0. The van der Waals surface area contributed by atoms with Gasteiger partial charge in [-0.1, -0.05) is 24.8 Å². The molecule has 3 aromatic heterocycles. The maximum absolute atomic E-state index is 12.6. The third-order valence-corrected chi connectivity index (χ3v) is 5.50. The van der Waals surface area contributed by atoms with Crippen molar-refractivity contribution in [2.24, 2.45) is 0 Å². The largest absolute Gasteiger partial charge is 0.384 e. The van der Waals surface area contributed by atoms with Gasteiger partial charge >= 0.3 is 5.69 Å². The summed E-state index contributed by atoms with van der Waals surface area (Å²) in [7, 11) is 0. The van der Waals surface area contributed by atoms with E-state index in [-0.39, 0.29) is 17.1 Å². The molecule has 142 valence electrons. The third-order valence-electron chi connectivity index (χ3n) is 3.68. The number of hydrogen-bond donors (Lipinski definition) is 2. The zero-order valence-corrected chi connectivity index (χ0v) is 16.0. The van der Waals surface area contributed by atoms with Crippen LogP contribution in [0, 0.1) is 0 Å². The Hall–Kier alpha value is -2.73. The van der Waals surface area contributed by atoms with E-state index in [1.165, 1.54) is 4.57 Å². The van der Waals surface area contributed by atoms with Crippen LogP contribution in [0.5, 0.6) is 0 Å². The molecular formula is C15H17N7O3S2. The van der Waals surface area contributed by atoms with E-state index in [9.17, 15) is 14.4 Å². The Morgan fingerprint density at radius 1 is 1.41 bits per heavy atom. The molecule has 3 rings (SSSR count). The van der Waals surface area contributed by atoms with Crippen LogP contribution in [-0.2, 0) is 13.1 Å². The van der Waals surface area contributed by atoms with Gasteiger partial charge in [-0.2, -0.15) is 0 Å². The monoisotopic (exact) mass is 407 g/mol. The number of thioether (sulfide) groups is 1. The number of nitrogens with two attached hydrogens (primary N) is 1. The summed E-state index contributed by atoms with van der Waals surface area (Å²) in [5, 5.41) is 13.9. The molecule has 27 heavy (non-hydrogen) atoms. The van der Waals surface area contributed by atoms with Crippen LogP contribution >= 0.6 is 23.1 Å². The average Bonchev–Trinajstić information content (AvgIpc) is 3.29. The highest BCUT2D eigenvalue weighted by Crippen LogP contribution is 2.19. The van der Waals surface area contributed by atoms with Crippen molar-refractivity contribution in [1.29, 1.82) is 0 Å². The van der Waals surface area contributed by atoms with Crippen LogP contribution in [0.1, 0.15) is 28.6 Å². The van der Waals surface area contributed by atoms with Gasteiger partial charge in [-0.05, 0) is 28.3 Å². The lowest BCUT2D eigenvalue weighted by Crippen LogP contribution is -2.36. The normalized spacial score (nSPS) is 11.0. The fourth-order valence-corrected chi connectivity index (χ4v) is 3.89. The summed E-state index contributed by atoms with van der Waals surface area (Å²) >= 11 is 2.68. The fraction of sp³-hybridized carbons (Fsp3) is 0.333. The Morgan fingerprint density at radius 3 is 2.93 bits per heavy atom. The van der Waals surface area contributed by atoms with Gasteiger partial charge in [0.2, 0.25) is 5.16 Å². The molecule has 0 saturated heterocycles. The van der Waals surface area contributed by atoms with Gasteiger partial charge in [0.1, 0.15) is 11.4 Å². The highest BCUT2D eigenvalue weighted by Gasteiger charge is 2.20. The van der Waals surface area contributed by atoms with Crippen LogP contribution in [0.4, 0.5) is 5.82 Å². The van der Waals surface area contributed by atoms with Crippen LogP contribution in [0.2, 0.25) is 0 Å². The summed E-state index contributed by atoms with van der Waals surface area (Å²) in [5.74, 6) is -0.689. The molecule has 0 radical (unpaired) electrons. The molecule has 0 spiro atoms. The number of Topliss-reactive ketones (excluding diaryl/α,β-unsaturated/α-hetero) is 1. The number of aromatic nitrogens is 6. The van der Waals surface area contributed by atoms with Crippen LogP contribution < -0.4 is 17.0 Å². The van der Waals surface area contributed by atoms with E-state index < -0.39 is 17.0 Å². The topological polar surface area (TPSA) is 142 Å². The minimum atomic E-state index is -0.784. The molecule has 3 aromatic rings. The van der Waals surface area contributed by atoms with E-state index in [4.69, 9.17) is 5.73 Å². The maximum Gasteiger partial charge on any atom is 0.329 e. The smallest absolute Gasteiger partial charge is 0.329 e. The molecule has 0 fully saturated rings. The summed E-state index contributed by atoms with van der Waals surface area (Å²) < 4.78 is 2.77. The standard InChI is InChI=1S/C15H17N7O3S2/c1-2-5-21-12(16)11(13(24)17-14(21)25)10(23)8-27-15-18-19-20-22(15)7-9-4-3-6-26-9/h3-4,6H,2,5,7-8,16H2,1H3,(H,17,24,25). The minimum Gasteiger partial charge on any atom is -0.384 e. The molecule has 0 aromatic carbocycles. The summed E-state index contributed by atoms with van der Waals surface area (Å²) in [6.07, 6.45) is 0.635. The van der Waals surface area contributed by atoms with E-state index in [0.717, 1.165) is 16.6 Å². The Kier molecular flexibility index (Phi) is 5.86. The molecule has 0 amide bonds. The number of nitrogens with one attached hydrogen (secondary N) is 1. The highest BCUT2D eigenvalue weighted by molar-refractivity contribution is 7.99. The van der Waals surface area contributed by atoms with Crippen molar-refractivity contribution in [3.05, 3.63) is 48.8 Å². The molecule has 3 heterocycles. The first-order valence-corrected chi connectivity index (χ1v) is 9.95. The van der Waals surface area contributed by atoms with Crippen LogP contribution in [0.3, 0.4) is 0 Å². The van der Waals surface area contributed by atoms with Gasteiger partial charge in [0.25, 0.3) is 5.56 Å². The summed E-state index contributed by atoms with van der Waals surface area (Å²) in [5.41, 5.74) is 4.29. The van der Waals surface area contributed by atoms with Crippen LogP contribution in [0.25, 0.3) is 0 Å². The Morgan fingerprint density at radius 2 is 2.22 bits per heavy atom. The third kappa shape index (κ3) is 4.17. The highest BCUT2D eigenvalue weighted by atomic mass is 32.2. The first-order valence-electron chi connectivity index (χ1n) is 8.08. The number of aromatic amines is 1. The van der Waals surface area contributed by atoms with Crippen LogP contribution in [0.15, 0.2) is 32.3 Å². The van der Waals surface area contributed by atoms with Crippen molar-refractivity contribution in [3.63, 3.8) is 0 Å². The Balaban J connectivity index is 1.78. The predicted molar refractivity (Wildman–Crippen MR) is 102 cm³/mol. The minimum absolute atomic E-state index is 0.0809. The molecule has 0 bridgehead atoms. The van der Waals surface area contributed by atoms with Crippen molar-refractivity contribution >= 4 is 34.7 Å². The number of thiophene rings is 1. The van der Waals surface area contributed by atoms with Crippen molar-refractivity contribution in [2.75, 3.05) is 11.5 Å². The first-order chi connectivity index (χ1) is 13.0. The van der Waals surface area contributed by atoms with E-state index >= 15 is 0 Å². The molecule has 3 N–H and O–H groups in total. The van der Waals surface area contributed by atoms with Crippen molar-refractivity contribution in [1.82, 2.24) is 29.8 Å². The number of tetrazole rings is 1. The van der Waals surface area contributed by atoms with Crippen molar-refractivity contribution in [3.8, 4) is 0 Å². The molecule has 10 nitrogen and oxygen atoms in total. The van der Waals surface area contributed by atoms with E-state index in [1.807, 2.05) is 24.4 Å². The quantitative estimate of drug-likeness (QED) is 0.408. The molecule has 0 aliphatic rings. The molecular weight excluding hydrogens is 390 g/mol. The van der Waals surface area contributed by atoms with Crippen molar-refractivity contribution in [2.45, 2.75) is 31.6 Å². The summed E-state index contributed by atoms with van der Waals surface area (Å²) in [6.45, 7) is 2.67. The van der Waals surface area contributed by atoms with E-state index in [0.29, 0.717) is 24.7 Å². The van der Waals surface area contributed by atoms with Gasteiger partial charge in [0, 0.05) is 11.4 Å². The number of nitrogen functional groups attached to an aromatic ring is 1. The second-order valence-corrected chi connectivity index (χ2v) is 7.56. The number of carbonyl (C=O) groups is 1. The van der Waals surface area contributed by atoms with Gasteiger partial charge in [0.05, 0.1) is 12.3 Å². The number of H-pyrrole nitrogens is 1. The van der Waals surface area contributed by atoms with Crippen molar-refractivity contribution < 1.29 is 4.79 Å². The van der Waals surface area contributed by atoms with Crippen LogP contribution in [-0.4, -0.2) is 41.3 Å². The van der Waals surface area contributed by atoms with Gasteiger partial charge in [-0.25, -0.2) is 9.48 Å². The van der Waals surface area contributed by atoms with Gasteiger partial charge in [-0.3, -0.25) is 19.1 Å². The SMILES string of the molecule is CCCn1c(N)c(C(=O)CSc2nnnn2Cc2cccs2)c(=O)[nH]c1=O. The lowest BCUT2D eigenvalue weighted by molar-refractivity contribution is 0.102. The predicted octanol–water partition coefficient (Wildman–Crippen LogP) is 0.600. The lowest BCUT2D eigenvalue weighted by atomic mass is 10.2. The zero-order chi connectivity index (χ0) is 19.4. The number of ketones is 1. The number of carbonyl (C=O) groups excluding carboxylic acids is 1. The molecule has 0 aliphatic heterocycles. The molecule has 12 heteroatoms. The summed E-state index contributed by atoms with van der Waals surface area (Å²) in [4.78, 5) is 39.7. The van der Waals surface area contributed by atoms with E-state index in [2.05, 4.69) is 20.5 Å². The zero-order valence-electron chi connectivity index (χ0n) is 14.4. The summed E-state index contributed by atoms with van der Waals surface area (Å²) in [6, 6.07) is 3.89. The van der Waals surface area contributed by atoms with E-state index in [1.54, 1.807) is 16.0 Å². The van der Waals surface area contributed by atoms with Gasteiger partial charge in [0.15, 0.2) is 5.78 Å². The van der Waals surface area contributed by atoms with Gasteiger partial charge < -0.3 is 5.73 Å². The number of nitrogens with zero attached hydrogens (tertiary/aromatic N) is 5. The number of rotatable bonds is 8. The second kappa shape index (κ2) is 8.31. The fourth-order valence-electron chi connectivity index (χ4n) is 2.45. The molecule has 0 saturated carbocycles. The lowest BCUT2D eigenvalue weighted by Gasteiger charge is -2.10. The van der Waals surface area contributed by atoms with Gasteiger partial charge in [-0.15, -0.1) is 16.4 Å². The maximum atomic E-state index is 12.6.